The first-order valence-electron chi connectivity index (χ1n) is 11.1. The van der Waals surface area contributed by atoms with Gasteiger partial charge in [-0.2, -0.15) is 5.10 Å². The molecule has 0 amide bonds. The highest BCUT2D eigenvalue weighted by molar-refractivity contribution is 7.89. The van der Waals surface area contributed by atoms with Crippen molar-refractivity contribution in [1.82, 2.24) is 24.4 Å². The summed E-state index contributed by atoms with van der Waals surface area (Å²) in [5.41, 5.74) is 5.06. The topological polar surface area (TPSA) is 80.1 Å². The number of benzene rings is 2. The van der Waals surface area contributed by atoms with Crippen molar-refractivity contribution >= 4 is 21.1 Å². The van der Waals surface area contributed by atoms with Crippen LogP contribution in [0.2, 0.25) is 0 Å². The molecule has 1 N–H and O–H groups in total. The van der Waals surface area contributed by atoms with Crippen LogP contribution in [0.1, 0.15) is 17.7 Å². The van der Waals surface area contributed by atoms with Crippen molar-refractivity contribution in [1.29, 1.82) is 0 Å². The molecule has 33 heavy (non-hydrogen) atoms. The second-order valence-corrected chi connectivity index (χ2v) is 10.4. The number of pyridine rings is 1. The van der Waals surface area contributed by atoms with Gasteiger partial charge in [0.2, 0.25) is 10.0 Å². The lowest BCUT2D eigenvalue weighted by atomic mass is 10.0. The molecule has 0 bridgehead atoms. The molecule has 8 heteroatoms. The zero-order chi connectivity index (χ0) is 23.0. The molecule has 7 nitrogen and oxygen atoms in total. The van der Waals surface area contributed by atoms with Gasteiger partial charge in [-0.25, -0.2) is 18.1 Å². The van der Waals surface area contributed by atoms with Crippen LogP contribution in [0.4, 0.5) is 0 Å². The first kappa shape index (κ1) is 21.8. The van der Waals surface area contributed by atoms with Crippen LogP contribution in [-0.2, 0) is 23.6 Å². The molecule has 4 aromatic rings. The molecule has 1 atom stereocenters. The van der Waals surface area contributed by atoms with Crippen molar-refractivity contribution < 1.29 is 8.42 Å². The second-order valence-electron chi connectivity index (χ2n) is 8.66. The first-order chi connectivity index (χ1) is 15.9. The number of likely N-dealkylation sites (tertiary alicyclic amines) is 1. The Morgan fingerprint density at radius 3 is 2.55 bits per heavy atom. The molecule has 2 aromatic carbocycles. The number of fused-ring (bicyclic) bond motifs is 1. The van der Waals surface area contributed by atoms with E-state index < -0.39 is 10.0 Å². The maximum absolute atomic E-state index is 13.0. The van der Waals surface area contributed by atoms with E-state index in [-0.39, 0.29) is 10.9 Å². The average Bonchev–Trinajstić information content (AvgIpc) is 3.37. The number of hydrogen-bond donors (Lipinski definition) is 1. The summed E-state index contributed by atoms with van der Waals surface area (Å²) < 4.78 is 30.5. The van der Waals surface area contributed by atoms with Gasteiger partial charge in [0.25, 0.3) is 0 Å². The number of hydrogen-bond acceptors (Lipinski definition) is 5. The van der Waals surface area contributed by atoms with E-state index in [4.69, 9.17) is 0 Å². The summed E-state index contributed by atoms with van der Waals surface area (Å²) in [6, 6.07) is 20.4. The zero-order valence-corrected chi connectivity index (χ0v) is 19.6. The van der Waals surface area contributed by atoms with Crippen molar-refractivity contribution in [2.75, 3.05) is 13.1 Å². The van der Waals surface area contributed by atoms with Gasteiger partial charge >= 0.3 is 0 Å². The number of aryl methyl sites for hydroxylation is 2. The fraction of sp³-hybridized carbons (Fsp3) is 0.280. The number of nitrogens with zero attached hydrogens (tertiary/aromatic N) is 4. The van der Waals surface area contributed by atoms with Crippen molar-refractivity contribution in [2.45, 2.75) is 30.8 Å². The van der Waals surface area contributed by atoms with Crippen LogP contribution in [0.25, 0.3) is 22.2 Å². The Morgan fingerprint density at radius 2 is 1.79 bits per heavy atom. The van der Waals surface area contributed by atoms with E-state index in [2.05, 4.69) is 56.1 Å². The highest BCUT2D eigenvalue weighted by Crippen LogP contribution is 2.23. The Bertz CT molecular complexity index is 1380. The molecule has 5 rings (SSSR count). The molecule has 1 aliphatic rings. The van der Waals surface area contributed by atoms with Gasteiger partial charge in [-0.1, -0.05) is 54.6 Å². The van der Waals surface area contributed by atoms with Gasteiger partial charge in [-0.3, -0.25) is 9.58 Å². The van der Waals surface area contributed by atoms with Crippen LogP contribution >= 0.6 is 0 Å². The highest BCUT2D eigenvalue weighted by Gasteiger charge is 2.28. The van der Waals surface area contributed by atoms with E-state index in [9.17, 15) is 8.42 Å². The molecule has 1 saturated heterocycles. The van der Waals surface area contributed by atoms with Crippen LogP contribution in [0.5, 0.6) is 0 Å². The second kappa shape index (κ2) is 8.70. The minimum absolute atomic E-state index is 0.121. The molecule has 1 fully saturated rings. The van der Waals surface area contributed by atoms with Crippen LogP contribution in [0.3, 0.4) is 0 Å². The van der Waals surface area contributed by atoms with Crippen LogP contribution in [-0.4, -0.2) is 47.2 Å². The number of sulfonamides is 1. The van der Waals surface area contributed by atoms with Gasteiger partial charge in [0, 0.05) is 44.3 Å². The molecule has 1 aliphatic heterocycles. The lowest BCUT2D eigenvalue weighted by molar-refractivity contribution is 0.324. The summed E-state index contributed by atoms with van der Waals surface area (Å²) in [4.78, 5) is 6.78. The molecular formula is C25H27N5O2S. The fourth-order valence-electron chi connectivity index (χ4n) is 4.49. The number of nitrogens with one attached hydrogen (secondary N) is 1. The summed E-state index contributed by atoms with van der Waals surface area (Å²) in [6.45, 7) is 4.19. The average molecular weight is 462 g/mol. The van der Waals surface area contributed by atoms with Crippen molar-refractivity contribution in [3.8, 4) is 11.1 Å². The monoisotopic (exact) mass is 461 g/mol. The molecule has 3 heterocycles. The Balaban J connectivity index is 1.23. The van der Waals surface area contributed by atoms with Crippen molar-refractivity contribution in [3.05, 3.63) is 78.1 Å². The minimum atomic E-state index is -3.65. The van der Waals surface area contributed by atoms with Crippen LogP contribution in [0, 0.1) is 6.92 Å². The third kappa shape index (κ3) is 4.55. The van der Waals surface area contributed by atoms with E-state index in [1.165, 1.54) is 22.9 Å². The Hall–Kier alpha value is -3.07. The lowest BCUT2D eigenvalue weighted by Crippen LogP contribution is -2.37. The fourth-order valence-corrected chi connectivity index (χ4v) is 5.72. The summed E-state index contributed by atoms with van der Waals surface area (Å²) in [7, 11) is -1.85. The van der Waals surface area contributed by atoms with Gasteiger partial charge in [0.1, 0.15) is 4.90 Å². The minimum Gasteiger partial charge on any atom is -0.297 e. The van der Waals surface area contributed by atoms with E-state index in [1.807, 2.05) is 25.1 Å². The summed E-state index contributed by atoms with van der Waals surface area (Å²) >= 11 is 0. The van der Waals surface area contributed by atoms with Crippen LogP contribution < -0.4 is 4.72 Å². The van der Waals surface area contributed by atoms with Gasteiger partial charge in [0.05, 0.1) is 5.69 Å². The molecule has 0 spiro atoms. The van der Waals surface area contributed by atoms with E-state index in [0.29, 0.717) is 12.2 Å². The SMILES string of the molecule is Cc1nn(C)c2ncc(S(=O)(=O)N[C@@H]3CCN(Cc4ccc(-c5ccccc5)cc4)C3)cc12. The zero-order valence-electron chi connectivity index (χ0n) is 18.8. The van der Waals surface area contributed by atoms with Gasteiger partial charge in [0.15, 0.2) is 5.65 Å². The molecule has 0 saturated carbocycles. The third-order valence-electron chi connectivity index (χ3n) is 6.21. The van der Waals surface area contributed by atoms with Gasteiger partial charge < -0.3 is 0 Å². The molecule has 2 aromatic heterocycles. The summed E-state index contributed by atoms with van der Waals surface area (Å²) in [5, 5.41) is 5.08. The van der Waals surface area contributed by atoms with Crippen molar-refractivity contribution in [3.63, 3.8) is 0 Å². The quantitative estimate of drug-likeness (QED) is 0.475. The molecule has 0 unspecified atom stereocenters. The van der Waals surface area contributed by atoms with E-state index in [1.54, 1.807) is 17.8 Å². The predicted octanol–water partition coefficient (Wildman–Crippen LogP) is 3.50. The van der Waals surface area contributed by atoms with Gasteiger partial charge in [-0.15, -0.1) is 0 Å². The maximum atomic E-state index is 13.0. The smallest absolute Gasteiger partial charge is 0.242 e. The predicted molar refractivity (Wildman–Crippen MR) is 129 cm³/mol. The highest BCUT2D eigenvalue weighted by atomic mass is 32.2. The Kier molecular flexibility index (Phi) is 5.74. The van der Waals surface area contributed by atoms with Gasteiger partial charge in [-0.05, 0) is 36.1 Å². The Labute approximate surface area is 194 Å². The summed E-state index contributed by atoms with van der Waals surface area (Å²) in [5.74, 6) is 0. The third-order valence-corrected chi connectivity index (χ3v) is 7.70. The standard InChI is InChI=1S/C25H27N5O2S/c1-18-24-14-23(15-26-25(24)29(2)27-18)33(31,32)28-22-12-13-30(17-22)16-19-8-10-21(11-9-19)20-6-4-3-5-7-20/h3-11,14-15,22,28H,12-13,16-17H2,1-2H3/t22-/m1/s1. The lowest BCUT2D eigenvalue weighted by Gasteiger charge is -2.17. The molecule has 170 valence electrons. The largest absolute Gasteiger partial charge is 0.297 e. The number of aromatic nitrogens is 3. The normalized spacial score (nSPS) is 17.1. The van der Waals surface area contributed by atoms with E-state index in [0.717, 1.165) is 30.6 Å². The summed E-state index contributed by atoms with van der Waals surface area (Å²) in [6.07, 6.45) is 2.19. The first-order valence-corrected chi connectivity index (χ1v) is 12.6. The Morgan fingerprint density at radius 1 is 1.06 bits per heavy atom. The van der Waals surface area contributed by atoms with Crippen molar-refractivity contribution in [2.24, 2.45) is 7.05 Å². The molecule has 0 aliphatic carbocycles. The van der Waals surface area contributed by atoms with Crippen LogP contribution in [0.15, 0.2) is 71.8 Å². The maximum Gasteiger partial charge on any atom is 0.242 e. The molecular weight excluding hydrogens is 434 g/mol. The molecule has 0 radical (unpaired) electrons. The van der Waals surface area contributed by atoms with E-state index >= 15 is 0 Å². The number of rotatable bonds is 6.